The molecule has 0 atom stereocenters. The zero-order valence-electron chi connectivity index (χ0n) is 12.8. The number of nitrogens with zero attached hydrogens (tertiary/aromatic N) is 1. The smallest absolute Gasteiger partial charge is 0.134 e. The van der Waals surface area contributed by atoms with E-state index in [1.165, 1.54) is 5.56 Å². The van der Waals surface area contributed by atoms with Gasteiger partial charge < -0.3 is 15.8 Å². The van der Waals surface area contributed by atoms with Crippen molar-refractivity contribution in [2.75, 3.05) is 18.2 Å². The first kappa shape index (κ1) is 14.2. The summed E-state index contributed by atoms with van der Waals surface area (Å²) in [6.45, 7) is 2.68. The van der Waals surface area contributed by atoms with Gasteiger partial charge in [-0.2, -0.15) is 0 Å². The molecule has 0 radical (unpaired) electrons. The van der Waals surface area contributed by atoms with Gasteiger partial charge in [-0.1, -0.05) is 24.3 Å². The van der Waals surface area contributed by atoms with Crippen molar-refractivity contribution < 1.29 is 4.74 Å². The fourth-order valence-corrected chi connectivity index (χ4v) is 2.49. The number of rotatable bonds is 4. The van der Waals surface area contributed by atoms with Crippen LogP contribution in [0.15, 0.2) is 48.5 Å². The van der Waals surface area contributed by atoms with Crippen molar-refractivity contribution in [3.05, 3.63) is 59.8 Å². The molecule has 0 aliphatic rings. The maximum atomic E-state index is 6.06. The number of nitrogens with one attached hydrogen (secondary N) is 1. The van der Waals surface area contributed by atoms with E-state index in [1.807, 2.05) is 55.5 Å². The summed E-state index contributed by atoms with van der Waals surface area (Å²) in [6.07, 6.45) is 0. The summed E-state index contributed by atoms with van der Waals surface area (Å²) >= 11 is 0. The van der Waals surface area contributed by atoms with Gasteiger partial charge in [0.2, 0.25) is 0 Å². The predicted octanol–water partition coefficient (Wildman–Crippen LogP) is 3.75. The van der Waals surface area contributed by atoms with Crippen molar-refractivity contribution in [1.82, 2.24) is 4.98 Å². The van der Waals surface area contributed by atoms with Crippen molar-refractivity contribution in [3.8, 4) is 5.75 Å². The Morgan fingerprint density at radius 1 is 1.09 bits per heavy atom. The normalized spacial score (nSPS) is 10.6. The molecule has 0 spiro atoms. The molecule has 3 N–H and O–H groups in total. The molecule has 22 heavy (non-hydrogen) atoms. The first-order chi connectivity index (χ1) is 10.7. The highest BCUT2D eigenvalue weighted by atomic mass is 16.5. The van der Waals surface area contributed by atoms with E-state index < -0.39 is 0 Å². The van der Waals surface area contributed by atoms with E-state index in [1.54, 1.807) is 7.11 Å². The summed E-state index contributed by atoms with van der Waals surface area (Å²) in [5, 5.41) is 5.48. The molecule has 4 nitrogen and oxygen atoms in total. The van der Waals surface area contributed by atoms with Crippen LogP contribution in [0.1, 0.15) is 11.3 Å². The van der Waals surface area contributed by atoms with Crippen LogP contribution in [-0.4, -0.2) is 12.1 Å². The summed E-state index contributed by atoms with van der Waals surface area (Å²) in [5.41, 5.74) is 8.95. The van der Waals surface area contributed by atoms with Gasteiger partial charge in [0.15, 0.2) is 0 Å². The molecule has 3 rings (SSSR count). The number of nitrogens with two attached hydrogens (primary N) is 1. The standard InChI is InChI=1S/C18H19N3O/c1-12-10-16-15(4-3-5-17(16)19)18(21-12)20-11-13-6-8-14(22-2)9-7-13/h3-10H,11,19H2,1-2H3,(H,20,21). The number of nitrogen functional groups attached to an aromatic ring is 1. The molecule has 112 valence electrons. The number of ether oxygens (including phenoxy) is 1. The number of fused-ring (bicyclic) bond motifs is 1. The van der Waals surface area contributed by atoms with Gasteiger partial charge in [0.05, 0.1) is 7.11 Å². The second-order valence-corrected chi connectivity index (χ2v) is 5.26. The Bertz CT molecular complexity index is 797. The van der Waals surface area contributed by atoms with Gasteiger partial charge in [-0.3, -0.25) is 0 Å². The van der Waals surface area contributed by atoms with Crippen LogP contribution in [0.2, 0.25) is 0 Å². The molecule has 0 aliphatic carbocycles. The summed E-state index contributed by atoms with van der Waals surface area (Å²) in [6, 6.07) is 15.9. The average Bonchev–Trinajstić information content (AvgIpc) is 2.54. The minimum Gasteiger partial charge on any atom is -0.497 e. The van der Waals surface area contributed by atoms with Crippen molar-refractivity contribution in [1.29, 1.82) is 0 Å². The molecule has 1 aromatic heterocycles. The highest BCUT2D eigenvalue weighted by Crippen LogP contribution is 2.27. The van der Waals surface area contributed by atoms with E-state index in [0.29, 0.717) is 6.54 Å². The number of benzene rings is 2. The molecule has 0 fully saturated rings. The lowest BCUT2D eigenvalue weighted by molar-refractivity contribution is 0.414. The zero-order valence-corrected chi connectivity index (χ0v) is 12.8. The van der Waals surface area contributed by atoms with Crippen molar-refractivity contribution in [3.63, 3.8) is 0 Å². The fourth-order valence-electron chi connectivity index (χ4n) is 2.49. The minimum atomic E-state index is 0.699. The maximum Gasteiger partial charge on any atom is 0.134 e. The van der Waals surface area contributed by atoms with Crippen LogP contribution in [0.3, 0.4) is 0 Å². The van der Waals surface area contributed by atoms with Gasteiger partial charge in [0.1, 0.15) is 11.6 Å². The van der Waals surface area contributed by atoms with Crippen LogP contribution in [0.5, 0.6) is 5.75 Å². The summed E-state index contributed by atoms with van der Waals surface area (Å²) in [5.74, 6) is 1.72. The van der Waals surface area contributed by atoms with Gasteiger partial charge in [-0.25, -0.2) is 4.98 Å². The van der Waals surface area contributed by atoms with Crippen LogP contribution in [0.4, 0.5) is 11.5 Å². The monoisotopic (exact) mass is 293 g/mol. The van der Waals surface area contributed by atoms with Gasteiger partial charge in [0.25, 0.3) is 0 Å². The Kier molecular flexibility index (Phi) is 3.83. The molecule has 3 aromatic rings. The number of methoxy groups -OCH3 is 1. The largest absolute Gasteiger partial charge is 0.497 e. The quantitative estimate of drug-likeness (QED) is 0.719. The van der Waals surface area contributed by atoms with E-state index in [2.05, 4.69) is 10.3 Å². The SMILES string of the molecule is COc1ccc(CNc2nc(C)cc3c(N)cccc23)cc1. The predicted molar refractivity (Wildman–Crippen MR) is 91.2 cm³/mol. The van der Waals surface area contributed by atoms with E-state index >= 15 is 0 Å². The fraction of sp³-hybridized carbons (Fsp3) is 0.167. The third-order valence-electron chi connectivity index (χ3n) is 3.66. The molecule has 0 amide bonds. The third-order valence-corrected chi connectivity index (χ3v) is 3.66. The number of anilines is 2. The highest BCUT2D eigenvalue weighted by Gasteiger charge is 2.06. The molecule has 0 saturated carbocycles. The Morgan fingerprint density at radius 3 is 2.59 bits per heavy atom. The zero-order chi connectivity index (χ0) is 15.5. The second-order valence-electron chi connectivity index (χ2n) is 5.26. The third kappa shape index (κ3) is 2.81. The van der Waals surface area contributed by atoms with Crippen LogP contribution in [0.25, 0.3) is 10.8 Å². The van der Waals surface area contributed by atoms with Gasteiger partial charge >= 0.3 is 0 Å². The van der Waals surface area contributed by atoms with E-state index in [0.717, 1.165) is 33.7 Å². The molecular weight excluding hydrogens is 274 g/mol. The Hall–Kier alpha value is -2.75. The van der Waals surface area contributed by atoms with E-state index in [-0.39, 0.29) is 0 Å². The number of hydrogen-bond donors (Lipinski definition) is 2. The lowest BCUT2D eigenvalue weighted by atomic mass is 10.1. The van der Waals surface area contributed by atoms with Crippen molar-refractivity contribution >= 4 is 22.3 Å². The average molecular weight is 293 g/mol. The van der Waals surface area contributed by atoms with Gasteiger partial charge in [0, 0.05) is 28.7 Å². The number of aryl methyl sites for hydroxylation is 1. The number of hydrogen-bond acceptors (Lipinski definition) is 4. The molecule has 1 heterocycles. The summed E-state index contributed by atoms with van der Waals surface area (Å²) in [7, 11) is 1.67. The van der Waals surface area contributed by atoms with E-state index in [4.69, 9.17) is 10.5 Å². The topological polar surface area (TPSA) is 60.2 Å². The maximum absolute atomic E-state index is 6.06. The van der Waals surface area contributed by atoms with Crippen molar-refractivity contribution in [2.24, 2.45) is 0 Å². The van der Waals surface area contributed by atoms with Crippen LogP contribution < -0.4 is 15.8 Å². The molecule has 4 heteroatoms. The van der Waals surface area contributed by atoms with Crippen molar-refractivity contribution in [2.45, 2.75) is 13.5 Å². The lowest BCUT2D eigenvalue weighted by Crippen LogP contribution is -2.03. The molecule has 0 unspecified atom stereocenters. The number of pyridine rings is 1. The van der Waals surface area contributed by atoms with Crippen LogP contribution >= 0.6 is 0 Å². The summed E-state index contributed by atoms with van der Waals surface area (Å²) < 4.78 is 5.17. The molecule has 0 aliphatic heterocycles. The van der Waals surface area contributed by atoms with Gasteiger partial charge in [-0.05, 0) is 36.8 Å². The Morgan fingerprint density at radius 2 is 1.86 bits per heavy atom. The number of aromatic nitrogens is 1. The second kappa shape index (κ2) is 5.93. The first-order valence-electron chi connectivity index (χ1n) is 7.20. The summed E-state index contributed by atoms with van der Waals surface area (Å²) in [4.78, 5) is 4.60. The first-order valence-corrected chi connectivity index (χ1v) is 7.20. The minimum absolute atomic E-state index is 0.699. The lowest BCUT2D eigenvalue weighted by Gasteiger charge is -2.12. The molecule has 2 aromatic carbocycles. The van der Waals surface area contributed by atoms with Crippen LogP contribution in [-0.2, 0) is 6.54 Å². The molecular formula is C18H19N3O. The molecule has 0 bridgehead atoms. The van der Waals surface area contributed by atoms with E-state index in [9.17, 15) is 0 Å². The Labute approximate surface area is 129 Å². The Balaban J connectivity index is 1.88. The van der Waals surface area contributed by atoms with Crippen LogP contribution in [0, 0.1) is 6.92 Å². The van der Waals surface area contributed by atoms with Gasteiger partial charge in [-0.15, -0.1) is 0 Å². The molecule has 0 saturated heterocycles. The highest BCUT2D eigenvalue weighted by molar-refractivity contribution is 5.99.